The van der Waals surface area contributed by atoms with Crippen LogP contribution in [0.2, 0.25) is 0 Å². The molecule has 1 aromatic heterocycles. The molecular weight excluding hydrogens is 205 g/mol. The standard InChI is InChI=1S/C8H10FN3O3/c1-4(2)10-7(14)12-3-5(9)6(13)11-8(12)15/h3-4H,1-2H3,(H,10,14)(H,11,13,15). The first-order valence-corrected chi connectivity index (χ1v) is 4.24. The number of hydrogen-bond acceptors (Lipinski definition) is 3. The Balaban J connectivity index is 3.16. The molecule has 0 fully saturated rings. The molecule has 0 aliphatic carbocycles. The number of nitrogens with one attached hydrogen (secondary N) is 2. The van der Waals surface area contributed by atoms with Crippen molar-refractivity contribution < 1.29 is 9.18 Å². The van der Waals surface area contributed by atoms with Crippen LogP contribution in [0.15, 0.2) is 15.8 Å². The van der Waals surface area contributed by atoms with Crippen molar-refractivity contribution in [3.05, 3.63) is 32.9 Å². The lowest BCUT2D eigenvalue weighted by Gasteiger charge is -2.08. The van der Waals surface area contributed by atoms with E-state index in [-0.39, 0.29) is 6.04 Å². The zero-order valence-corrected chi connectivity index (χ0v) is 8.20. The van der Waals surface area contributed by atoms with Gasteiger partial charge in [-0.25, -0.2) is 14.2 Å². The Morgan fingerprint density at radius 2 is 2.13 bits per heavy atom. The molecule has 0 spiro atoms. The summed E-state index contributed by atoms with van der Waals surface area (Å²) in [6.07, 6.45) is 0.554. The Bertz CT molecular complexity index is 489. The quantitative estimate of drug-likeness (QED) is 0.671. The molecule has 0 aliphatic rings. The summed E-state index contributed by atoms with van der Waals surface area (Å²) in [6, 6.07) is -0.982. The summed E-state index contributed by atoms with van der Waals surface area (Å²) in [4.78, 5) is 34.7. The second kappa shape index (κ2) is 4.07. The van der Waals surface area contributed by atoms with Crippen LogP contribution < -0.4 is 16.6 Å². The number of rotatable bonds is 1. The maximum atomic E-state index is 12.8. The highest BCUT2D eigenvalue weighted by molar-refractivity contribution is 5.76. The molecule has 0 aromatic carbocycles. The Labute approximate surface area is 83.7 Å². The molecule has 82 valence electrons. The third-order valence-corrected chi connectivity index (χ3v) is 1.53. The van der Waals surface area contributed by atoms with Crippen molar-refractivity contribution in [3.8, 4) is 0 Å². The van der Waals surface area contributed by atoms with Gasteiger partial charge in [-0.15, -0.1) is 0 Å². The first kappa shape index (κ1) is 11.2. The minimum Gasteiger partial charge on any atom is -0.335 e. The molecule has 0 saturated heterocycles. The maximum absolute atomic E-state index is 12.8. The molecule has 15 heavy (non-hydrogen) atoms. The second-order valence-electron chi connectivity index (χ2n) is 3.21. The molecule has 7 heteroatoms. The molecule has 0 unspecified atom stereocenters. The lowest BCUT2D eigenvalue weighted by molar-refractivity contribution is 0.238. The molecule has 0 radical (unpaired) electrons. The van der Waals surface area contributed by atoms with Gasteiger partial charge < -0.3 is 5.32 Å². The Morgan fingerprint density at radius 1 is 1.53 bits per heavy atom. The van der Waals surface area contributed by atoms with Gasteiger partial charge in [-0.2, -0.15) is 4.39 Å². The summed E-state index contributed by atoms with van der Waals surface area (Å²) in [5.74, 6) is -1.19. The van der Waals surface area contributed by atoms with Crippen LogP contribution in [0.4, 0.5) is 9.18 Å². The van der Waals surface area contributed by atoms with E-state index in [2.05, 4.69) is 5.32 Å². The predicted molar refractivity (Wildman–Crippen MR) is 50.3 cm³/mol. The zero-order valence-electron chi connectivity index (χ0n) is 8.20. The van der Waals surface area contributed by atoms with Crippen molar-refractivity contribution in [1.29, 1.82) is 0 Å². The molecule has 0 aliphatic heterocycles. The van der Waals surface area contributed by atoms with E-state index in [4.69, 9.17) is 0 Å². The molecule has 2 N–H and O–H groups in total. The summed E-state index contributed by atoms with van der Waals surface area (Å²) in [5.41, 5.74) is -2.12. The number of aromatic amines is 1. The number of hydrogen-bond donors (Lipinski definition) is 2. The van der Waals surface area contributed by atoms with Crippen molar-refractivity contribution in [1.82, 2.24) is 14.9 Å². The highest BCUT2D eigenvalue weighted by atomic mass is 19.1. The summed E-state index contributed by atoms with van der Waals surface area (Å²) < 4.78 is 13.2. The zero-order chi connectivity index (χ0) is 11.6. The van der Waals surface area contributed by atoms with Crippen LogP contribution in [-0.4, -0.2) is 21.6 Å². The van der Waals surface area contributed by atoms with Crippen LogP contribution in [0, 0.1) is 5.82 Å². The number of H-pyrrole nitrogens is 1. The van der Waals surface area contributed by atoms with Gasteiger partial charge in [0.15, 0.2) is 0 Å². The molecular formula is C8H10FN3O3. The van der Waals surface area contributed by atoms with E-state index in [9.17, 15) is 18.8 Å². The lowest BCUT2D eigenvalue weighted by atomic mass is 10.4. The highest BCUT2D eigenvalue weighted by Crippen LogP contribution is 1.85. The van der Waals surface area contributed by atoms with Gasteiger partial charge >= 0.3 is 11.7 Å². The molecule has 1 aromatic rings. The normalized spacial score (nSPS) is 10.4. The van der Waals surface area contributed by atoms with E-state index in [0.29, 0.717) is 10.8 Å². The van der Waals surface area contributed by atoms with Crippen molar-refractivity contribution in [2.75, 3.05) is 0 Å². The predicted octanol–water partition coefficient (Wildman–Crippen LogP) is -0.358. The van der Waals surface area contributed by atoms with E-state index in [0.717, 1.165) is 0 Å². The molecule has 6 nitrogen and oxygen atoms in total. The SMILES string of the molecule is CC(C)NC(=O)n1cc(F)c(=O)[nH]c1=O. The minimum atomic E-state index is -1.19. The summed E-state index contributed by atoms with van der Waals surface area (Å²) >= 11 is 0. The van der Waals surface area contributed by atoms with Crippen LogP contribution in [0.25, 0.3) is 0 Å². The lowest BCUT2D eigenvalue weighted by Crippen LogP contribution is -2.42. The largest absolute Gasteiger partial charge is 0.336 e. The first-order valence-electron chi connectivity index (χ1n) is 4.24. The molecule has 0 saturated carbocycles. The van der Waals surface area contributed by atoms with E-state index in [1.54, 1.807) is 18.8 Å². The minimum absolute atomic E-state index is 0.195. The third-order valence-electron chi connectivity index (χ3n) is 1.53. The fourth-order valence-electron chi connectivity index (χ4n) is 0.915. The second-order valence-corrected chi connectivity index (χ2v) is 3.21. The van der Waals surface area contributed by atoms with Gasteiger partial charge in [-0.3, -0.25) is 9.78 Å². The van der Waals surface area contributed by atoms with Gasteiger partial charge in [-0.1, -0.05) is 0 Å². The average molecular weight is 215 g/mol. The number of amides is 1. The average Bonchev–Trinajstić information content (AvgIpc) is 2.09. The molecule has 0 atom stereocenters. The van der Waals surface area contributed by atoms with Crippen molar-refractivity contribution in [3.63, 3.8) is 0 Å². The summed E-state index contributed by atoms with van der Waals surface area (Å²) in [6.45, 7) is 3.37. The van der Waals surface area contributed by atoms with Gasteiger partial charge in [0, 0.05) is 6.04 Å². The van der Waals surface area contributed by atoms with Crippen LogP contribution in [0.5, 0.6) is 0 Å². The third kappa shape index (κ3) is 2.52. The molecule has 1 rings (SSSR count). The first-order chi connectivity index (χ1) is 6.91. The van der Waals surface area contributed by atoms with E-state index >= 15 is 0 Å². The topological polar surface area (TPSA) is 84.0 Å². The maximum Gasteiger partial charge on any atom is 0.336 e. The smallest absolute Gasteiger partial charge is 0.335 e. The van der Waals surface area contributed by atoms with E-state index in [1.807, 2.05) is 0 Å². The van der Waals surface area contributed by atoms with Crippen molar-refractivity contribution in [2.24, 2.45) is 0 Å². The molecule has 1 amide bonds. The number of nitrogens with zero attached hydrogens (tertiary/aromatic N) is 1. The van der Waals surface area contributed by atoms with Crippen LogP contribution >= 0.6 is 0 Å². The van der Waals surface area contributed by atoms with Gasteiger partial charge in [0.1, 0.15) is 0 Å². The van der Waals surface area contributed by atoms with Gasteiger partial charge in [-0.05, 0) is 13.8 Å². The Morgan fingerprint density at radius 3 is 2.67 bits per heavy atom. The number of halogens is 1. The van der Waals surface area contributed by atoms with Gasteiger partial charge in [0.05, 0.1) is 6.20 Å². The Hall–Kier alpha value is -1.92. The van der Waals surface area contributed by atoms with Crippen LogP contribution in [-0.2, 0) is 0 Å². The highest BCUT2D eigenvalue weighted by Gasteiger charge is 2.11. The summed E-state index contributed by atoms with van der Waals surface area (Å²) in [7, 11) is 0. The van der Waals surface area contributed by atoms with Crippen molar-refractivity contribution >= 4 is 6.03 Å². The van der Waals surface area contributed by atoms with E-state index < -0.39 is 23.1 Å². The van der Waals surface area contributed by atoms with Gasteiger partial charge in [0.25, 0.3) is 5.56 Å². The fourth-order valence-corrected chi connectivity index (χ4v) is 0.915. The molecule has 0 bridgehead atoms. The number of carbonyl (C=O) groups is 1. The van der Waals surface area contributed by atoms with Crippen LogP contribution in [0.1, 0.15) is 13.8 Å². The van der Waals surface area contributed by atoms with Crippen molar-refractivity contribution in [2.45, 2.75) is 19.9 Å². The fraction of sp³-hybridized carbons (Fsp3) is 0.375. The monoisotopic (exact) mass is 215 g/mol. The van der Waals surface area contributed by atoms with Gasteiger partial charge in [0.2, 0.25) is 5.82 Å². The molecule has 1 heterocycles. The Kier molecular flexibility index (Phi) is 3.03. The summed E-state index contributed by atoms with van der Waals surface area (Å²) in [5, 5.41) is 2.38. The number of aromatic nitrogens is 2. The van der Waals surface area contributed by atoms with Crippen LogP contribution in [0.3, 0.4) is 0 Å². The number of carbonyl (C=O) groups excluding carboxylic acids is 1. The van der Waals surface area contributed by atoms with E-state index in [1.165, 1.54) is 0 Å².